The number of fused-ring (bicyclic) bond motifs is 1. The number of imide groups is 1. The number of hydrogen-bond donors (Lipinski definition) is 1. The molecule has 0 saturated carbocycles. The molecular weight excluding hydrogens is 526 g/mol. The topological polar surface area (TPSA) is 135 Å². The van der Waals surface area contributed by atoms with Crippen molar-refractivity contribution >= 4 is 48.3 Å². The first-order valence-electron chi connectivity index (χ1n) is 11.6. The number of carbonyl (C=O) groups is 2. The third kappa shape index (κ3) is 4.84. The van der Waals surface area contributed by atoms with Crippen LogP contribution in [0.3, 0.4) is 0 Å². The summed E-state index contributed by atoms with van der Waals surface area (Å²) in [5, 5.41) is 6.72. The summed E-state index contributed by atoms with van der Waals surface area (Å²) < 4.78 is 52.2. The fourth-order valence-corrected chi connectivity index (χ4v) is 6.61. The number of carbonyl (C=O) groups excluding carboxylic acids is 2. The summed E-state index contributed by atoms with van der Waals surface area (Å²) in [5.74, 6) is -1.33. The fraction of sp³-hybridized carbons (Fsp3) is 0.111. The Kier molecular flexibility index (Phi) is 6.61. The molecule has 2 amide bonds. The van der Waals surface area contributed by atoms with Crippen LogP contribution in [0.15, 0.2) is 107 Å². The van der Waals surface area contributed by atoms with Crippen LogP contribution in [0, 0.1) is 0 Å². The predicted octanol–water partition coefficient (Wildman–Crippen LogP) is 3.01. The lowest BCUT2D eigenvalue weighted by molar-refractivity contribution is -0.122. The standard InChI is InChI=1S/C27H23N3O6S2/c28-37(33,34)23-14-11-22(12-15-23)30-26(31)17-25(27(30)32)29(18-19-6-2-1-3-7-19)38(35,36)24-13-10-20-8-4-5-9-21(20)16-24/h1-16,25H,17-18H2,(H2,28,33,34). The van der Waals surface area contributed by atoms with E-state index in [9.17, 15) is 26.4 Å². The first kappa shape index (κ1) is 25.7. The maximum absolute atomic E-state index is 14.0. The molecule has 0 aliphatic carbocycles. The Hall–Kier alpha value is -3.90. The van der Waals surface area contributed by atoms with Gasteiger partial charge in [-0.05, 0) is 52.7 Å². The second-order valence-electron chi connectivity index (χ2n) is 8.87. The van der Waals surface area contributed by atoms with Crippen molar-refractivity contribution in [3.05, 3.63) is 103 Å². The van der Waals surface area contributed by atoms with Crippen molar-refractivity contribution < 1.29 is 26.4 Å². The minimum Gasteiger partial charge on any atom is -0.274 e. The molecule has 1 heterocycles. The summed E-state index contributed by atoms with van der Waals surface area (Å²) in [4.78, 5) is 27.3. The first-order chi connectivity index (χ1) is 18.1. The van der Waals surface area contributed by atoms with E-state index in [-0.39, 0.29) is 28.4 Å². The molecule has 11 heteroatoms. The van der Waals surface area contributed by atoms with Crippen LogP contribution in [0.5, 0.6) is 0 Å². The lowest BCUT2D eigenvalue weighted by Crippen LogP contribution is -2.45. The number of anilines is 1. The van der Waals surface area contributed by atoms with Crippen LogP contribution in [0.2, 0.25) is 0 Å². The van der Waals surface area contributed by atoms with Crippen molar-refractivity contribution in [2.45, 2.75) is 28.8 Å². The summed E-state index contributed by atoms with van der Waals surface area (Å²) in [6.45, 7) is -0.127. The second kappa shape index (κ2) is 9.76. The van der Waals surface area contributed by atoms with E-state index in [1.165, 1.54) is 30.3 Å². The molecule has 1 aliphatic heterocycles. The summed E-state index contributed by atoms with van der Waals surface area (Å²) in [7, 11) is -8.19. The highest BCUT2D eigenvalue weighted by molar-refractivity contribution is 7.89. The van der Waals surface area contributed by atoms with Crippen molar-refractivity contribution in [1.82, 2.24) is 4.31 Å². The monoisotopic (exact) mass is 549 g/mol. The highest BCUT2D eigenvalue weighted by Crippen LogP contribution is 2.32. The number of nitrogens with two attached hydrogens (primary N) is 1. The van der Waals surface area contributed by atoms with Crippen molar-refractivity contribution in [3.63, 3.8) is 0 Å². The zero-order chi connectivity index (χ0) is 27.1. The molecule has 9 nitrogen and oxygen atoms in total. The Bertz CT molecular complexity index is 1760. The van der Waals surface area contributed by atoms with Crippen LogP contribution in [0.4, 0.5) is 5.69 Å². The molecule has 1 fully saturated rings. The lowest BCUT2D eigenvalue weighted by Gasteiger charge is -2.27. The number of rotatable bonds is 7. The van der Waals surface area contributed by atoms with Crippen molar-refractivity contribution in [2.24, 2.45) is 5.14 Å². The molecule has 0 bridgehead atoms. The smallest absolute Gasteiger partial charge is 0.252 e. The largest absolute Gasteiger partial charge is 0.274 e. The lowest BCUT2D eigenvalue weighted by atomic mass is 10.1. The van der Waals surface area contributed by atoms with Gasteiger partial charge in [0.05, 0.1) is 21.9 Å². The van der Waals surface area contributed by atoms with Gasteiger partial charge in [-0.1, -0.05) is 60.7 Å². The van der Waals surface area contributed by atoms with Crippen LogP contribution in [0.25, 0.3) is 10.8 Å². The van der Waals surface area contributed by atoms with Gasteiger partial charge in [0.25, 0.3) is 5.91 Å². The van der Waals surface area contributed by atoms with Crippen LogP contribution >= 0.6 is 0 Å². The third-order valence-corrected chi connectivity index (χ3v) is 9.18. The number of nitrogens with zero attached hydrogens (tertiary/aromatic N) is 2. The van der Waals surface area contributed by atoms with Gasteiger partial charge in [-0.25, -0.2) is 26.9 Å². The van der Waals surface area contributed by atoms with E-state index in [1.54, 1.807) is 54.6 Å². The number of amides is 2. The third-order valence-electron chi connectivity index (χ3n) is 6.40. The van der Waals surface area contributed by atoms with Crippen LogP contribution < -0.4 is 10.0 Å². The second-order valence-corrected chi connectivity index (χ2v) is 12.3. The molecule has 2 N–H and O–H groups in total. The van der Waals surface area contributed by atoms with Gasteiger partial charge in [0, 0.05) is 6.54 Å². The van der Waals surface area contributed by atoms with Gasteiger partial charge in [0.2, 0.25) is 26.0 Å². The van der Waals surface area contributed by atoms with Gasteiger partial charge in [-0.2, -0.15) is 4.31 Å². The predicted molar refractivity (Wildman–Crippen MR) is 142 cm³/mol. The van der Waals surface area contributed by atoms with Crippen LogP contribution in [-0.2, 0) is 36.2 Å². The van der Waals surface area contributed by atoms with E-state index in [4.69, 9.17) is 5.14 Å². The van der Waals surface area contributed by atoms with E-state index in [1.807, 2.05) is 12.1 Å². The molecular formula is C27H23N3O6S2. The molecule has 1 aliphatic rings. The molecule has 1 atom stereocenters. The number of hydrogen-bond acceptors (Lipinski definition) is 6. The zero-order valence-electron chi connectivity index (χ0n) is 20.0. The normalized spacial score (nSPS) is 16.5. The van der Waals surface area contributed by atoms with Gasteiger partial charge in [-0.3, -0.25) is 9.59 Å². The van der Waals surface area contributed by atoms with Crippen LogP contribution in [-0.4, -0.2) is 39.0 Å². The SMILES string of the molecule is NS(=O)(=O)c1ccc(N2C(=O)CC(N(Cc3ccccc3)S(=O)(=O)c3ccc4ccccc4c3)C2=O)cc1. The highest BCUT2D eigenvalue weighted by atomic mass is 32.2. The summed E-state index contributed by atoms with van der Waals surface area (Å²) in [6, 6.07) is 24.5. The quantitative estimate of drug-likeness (QED) is 0.352. The van der Waals surface area contributed by atoms with E-state index >= 15 is 0 Å². The highest BCUT2D eigenvalue weighted by Gasteiger charge is 2.47. The Labute approximate surface area is 220 Å². The maximum Gasteiger partial charge on any atom is 0.252 e. The van der Waals surface area contributed by atoms with E-state index in [0.717, 1.165) is 20.0 Å². The van der Waals surface area contributed by atoms with Gasteiger partial charge < -0.3 is 0 Å². The number of benzene rings is 4. The summed E-state index contributed by atoms with van der Waals surface area (Å²) in [5.41, 5.74) is 0.769. The Balaban J connectivity index is 1.55. The van der Waals surface area contributed by atoms with Crippen molar-refractivity contribution in [2.75, 3.05) is 4.90 Å². The molecule has 1 unspecified atom stereocenters. The molecule has 5 rings (SSSR count). The fourth-order valence-electron chi connectivity index (χ4n) is 4.49. The minimum atomic E-state index is -4.22. The Morgan fingerprint density at radius 3 is 2.03 bits per heavy atom. The van der Waals surface area contributed by atoms with Crippen LogP contribution in [0.1, 0.15) is 12.0 Å². The van der Waals surface area contributed by atoms with Gasteiger partial charge in [-0.15, -0.1) is 0 Å². The van der Waals surface area contributed by atoms with Gasteiger partial charge in [0.15, 0.2) is 0 Å². The zero-order valence-corrected chi connectivity index (χ0v) is 21.6. The minimum absolute atomic E-state index is 0.00309. The molecule has 0 aromatic heterocycles. The van der Waals surface area contributed by atoms with Crippen molar-refractivity contribution in [3.8, 4) is 0 Å². The van der Waals surface area contributed by atoms with Gasteiger partial charge in [0.1, 0.15) is 6.04 Å². The average molecular weight is 550 g/mol. The molecule has 1 saturated heterocycles. The molecule has 38 heavy (non-hydrogen) atoms. The molecule has 4 aromatic carbocycles. The number of primary sulfonamides is 1. The molecule has 4 aromatic rings. The number of sulfonamides is 2. The average Bonchev–Trinajstić information content (AvgIpc) is 3.20. The Morgan fingerprint density at radius 2 is 1.37 bits per heavy atom. The molecule has 194 valence electrons. The van der Waals surface area contributed by atoms with E-state index in [2.05, 4.69) is 0 Å². The molecule has 0 spiro atoms. The summed E-state index contributed by atoms with van der Waals surface area (Å²) >= 11 is 0. The molecule has 0 radical (unpaired) electrons. The maximum atomic E-state index is 14.0. The van der Waals surface area contributed by atoms with E-state index in [0.29, 0.717) is 5.56 Å². The van der Waals surface area contributed by atoms with Crippen molar-refractivity contribution in [1.29, 1.82) is 0 Å². The first-order valence-corrected chi connectivity index (χ1v) is 14.6. The van der Waals surface area contributed by atoms with Gasteiger partial charge >= 0.3 is 0 Å². The summed E-state index contributed by atoms with van der Waals surface area (Å²) in [6.07, 6.45) is -0.366. The Morgan fingerprint density at radius 1 is 0.763 bits per heavy atom. The van der Waals surface area contributed by atoms with E-state index < -0.39 is 37.9 Å².